The van der Waals surface area contributed by atoms with Gasteiger partial charge < -0.3 is 19.9 Å². The zero-order valence-corrected chi connectivity index (χ0v) is 15.0. The second kappa shape index (κ2) is 8.33. The summed E-state index contributed by atoms with van der Waals surface area (Å²) < 4.78 is 13.0. The van der Waals surface area contributed by atoms with E-state index in [0.29, 0.717) is 28.6 Å². The lowest BCUT2D eigenvalue weighted by Gasteiger charge is -2.15. The Hall–Kier alpha value is -3.39. The zero-order valence-electron chi connectivity index (χ0n) is 15.0. The number of aromatic nitrogens is 3. The highest BCUT2D eigenvalue weighted by Crippen LogP contribution is 2.28. The number of pyridine rings is 1. The number of hydrogen-bond acceptors (Lipinski definition) is 6. The maximum atomic E-state index is 12.6. The Morgan fingerprint density at radius 1 is 1.19 bits per heavy atom. The van der Waals surface area contributed by atoms with E-state index in [-0.39, 0.29) is 12.5 Å². The average Bonchev–Trinajstić information content (AvgIpc) is 3.07. The molecule has 0 aliphatic heterocycles. The van der Waals surface area contributed by atoms with Crippen LogP contribution in [0.4, 0.5) is 5.82 Å². The van der Waals surface area contributed by atoms with Crippen LogP contribution in [0, 0.1) is 0 Å². The largest absolute Gasteiger partial charge is 0.488 e. The highest BCUT2D eigenvalue weighted by Gasteiger charge is 2.14. The van der Waals surface area contributed by atoms with Crippen molar-refractivity contribution in [1.29, 1.82) is 0 Å². The molecular weight excluding hydrogens is 348 g/mol. The lowest BCUT2D eigenvalue weighted by molar-refractivity contribution is 0.102. The normalized spacial score (nSPS) is 11.7. The van der Waals surface area contributed by atoms with E-state index in [0.717, 1.165) is 0 Å². The molecule has 0 aliphatic carbocycles. The molecular formula is C19H20N4O4. The van der Waals surface area contributed by atoms with Crippen LogP contribution in [0.2, 0.25) is 0 Å². The van der Waals surface area contributed by atoms with E-state index in [1.807, 2.05) is 0 Å². The topological polar surface area (TPSA) is 98.5 Å². The molecule has 0 radical (unpaired) electrons. The van der Waals surface area contributed by atoms with Gasteiger partial charge in [0.1, 0.15) is 23.4 Å². The van der Waals surface area contributed by atoms with E-state index in [1.165, 1.54) is 0 Å². The first kappa shape index (κ1) is 18.4. The van der Waals surface area contributed by atoms with E-state index in [4.69, 9.17) is 9.47 Å². The van der Waals surface area contributed by atoms with Gasteiger partial charge in [-0.2, -0.15) is 5.10 Å². The first-order chi connectivity index (χ1) is 13.0. The molecule has 1 atom stereocenters. The number of amides is 1. The Balaban J connectivity index is 1.87. The maximum Gasteiger partial charge on any atom is 0.257 e. The van der Waals surface area contributed by atoms with Crippen LogP contribution >= 0.6 is 0 Å². The summed E-state index contributed by atoms with van der Waals surface area (Å²) in [7, 11) is 1.76. The molecule has 0 aliphatic rings. The van der Waals surface area contributed by atoms with Crippen molar-refractivity contribution >= 4 is 11.7 Å². The lowest BCUT2D eigenvalue weighted by atomic mass is 10.2. The van der Waals surface area contributed by atoms with Crippen LogP contribution in [-0.4, -0.2) is 38.5 Å². The number of nitrogens with one attached hydrogen (secondary N) is 1. The number of rotatable bonds is 7. The minimum absolute atomic E-state index is 0.148. The molecule has 3 rings (SSSR count). The van der Waals surface area contributed by atoms with E-state index >= 15 is 0 Å². The number of hydrogen-bond donors (Lipinski definition) is 2. The summed E-state index contributed by atoms with van der Waals surface area (Å²) in [4.78, 5) is 16.5. The molecule has 0 fully saturated rings. The summed E-state index contributed by atoms with van der Waals surface area (Å²) in [5.74, 6) is 1.50. The molecule has 8 heteroatoms. The minimum Gasteiger partial charge on any atom is -0.488 e. The zero-order chi connectivity index (χ0) is 19.2. The quantitative estimate of drug-likeness (QED) is 0.665. The smallest absolute Gasteiger partial charge is 0.257 e. The summed E-state index contributed by atoms with van der Waals surface area (Å²) in [6, 6.07) is 9.96. The van der Waals surface area contributed by atoms with Crippen LogP contribution in [0.3, 0.4) is 0 Å². The molecule has 140 valence electrons. The van der Waals surface area contributed by atoms with Crippen molar-refractivity contribution in [2.75, 3.05) is 11.9 Å². The molecule has 8 nitrogen and oxygen atoms in total. The van der Waals surface area contributed by atoms with Crippen LogP contribution < -0.4 is 14.8 Å². The molecule has 1 amide bonds. The number of ether oxygens (including phenoxy) is 2. The number of aryl methyl sites for hydroxylation is 1. The van der Waals surface area contributed by atoms with Crippen LogP contribution in [0.15, 0.2) is 55.0 Å². The van der Waals surface area contributed by atoms with Gasteiger partial charge in [0.25, 0.3) is 5.91 Å². The molecule has 2 heterocycles. The van der Waals surface area contributed by atoms with Crippen LogP contribution in [-0.2, 0) is 7.05 Å². The average molecular weight is 368 g/mol. The highest BCUT2D eigenvalue weighted by atomic mass is 16.5. The standard InChI is InChI=1S/C19H20N4O4/c1-13(12-24)26-16-9-14(19(25)21-18-5-8-23(2)22-18)10-17(11-16)27-15-3-6-20-7-4-15/h3-11,13,24H,12H2,1-2H3,(H,21,22,25). The van der Waals surface area contributed by atoms with Gasteiger partial charge in [-0.05, 0) is 31.2 Å². The van der Waals surface area contributed by atoms with Gasteiger partial charge in [-0.1, -0.05) is 0 Å². The Kier molecular flexibility index (Phi) is 5.68. The first-order valence-corrected chi connectivity index (χ1v) is 8.35. The number of aliphatic hydroxyl groups is 1. The summed E-state index contributed by atoms with van der Waals surface area (Å²) in [5, 5.41) is 16.1. The molecule has 27 heavy (non-hydrogen) atoms. The van der Waals surface area contributed by atoms with Gasteiger partial charge >= 0.3 is 0 Å². The fourth-order valence-electron chi connectivity index (χ4n) is 2.31. The van der Waals surface area contributed by atoms with Crippen LogP contribution in [0.1, 0.15) is 17.3 Å². The molecule has 0 spiro atoms. The number of aliphatic hydroxyl groups excluding tert-OH is 1. The van der Waals surface area contributed by atoms with Crippen LogP contribution in [0.25, 0.3) is 0 Å². The second-order valence-corrected chi connectivity index (χ2v) is 5.92. The molecule has 0 saturated heterocycles. The third-order valence-corrected chi connectivity index (χ3v) is 3.58. The highest BCUT2D eigenvalue weighted by molar-refractivity contribution is 6.04. The lowest BCUT2D eigenvalue weighted by Crippen LogP contribution is -2.17. The fourth-order valence-corrected chi connectivity index (χ4v) is 2.31. The molecule has 2 aromatic heterocycles. The predicted octanol–water partition coefficient (Wildman–Crippen LogP) is 2.62. The van der Waals surface area contributed by atoms with Gasteiger partial charge in [0.2, 0.25) is 0 Å². The number of carbonyl (C=O) groups excluding carboxylic acids is 1. The summed E-state index contributed by atoms with van der Waals surface area (Å²) >= 11 is 0. The van der Waals surface area contributed by atoms with E-state index in [2.05, 4.69) is 15.4 Å². The molecule has 1 unspecified atom stereocenters. The van der Waals surface area contributed by atoms with Gasteiger partial charge in [-0.25, -0.2) is 0 Å². The van der Waals surface area contributed by atoms with Gasteiger partial charge in [-0.15, -0.1) is 0 Å². The summed E-state index contributed by atoms with van der Waals surface area (Å²) in [6.45, 7) is 1.58. The number of nitrogens with zero attached hydrogens (tertiary/aromatic N) is 3. The van der Waals surface area contributed by atoms with E-state index in [1.54, 1.807) is 73.6 Å². The summed E-state index contributed by atoms with van der Waals surface area (Å²) in [6.07, 6.45) is 4.53. The Bertz CT molecular complexity index is 911. The Morgan fingerprint density at radius 2 is 1.93 bits per heavy atom. The van der Waals surface area contributed by atoms with Crippen molar-refractivity contribution < 1.29 is 19.4 Å². The molecule has 3 aromatic rings. The molecule has 2 N–H and O–H groups in total. The van der Waals surface area contributed by atoms with Crippen molar-refractivity contribution in [3.8, 4) is 17.2 Å². The van der Waals surface area contributed by atoms with Gasteiger partial charge in [-0.3, -0.25) is 14.5 Å². The SMILES string of the molecule is CC(CO)Oc1cc(Oc2ccncc2)cc(C(=O)Nc2ccn(C)n2)c1. The molecule has 0 bridgehead atoms. The van der Waals surface area contributed by atoms with Crippen LogP contribution in [0.5, 0.6) is 17.2 Å². The predicted molar refractivity (Wildman–Crippen MR) is 99.1 cm³/mol. The van der Waals surface area contributed by atoms with Gasteiger partial charge in [0.05, 0.1) is 6.61 Å². The monoisotopic (exact) mass is 368 g/mol. The number of carbonyl (C=O) groups is 1. The van der Waals surface area contributed by atoms with Gasteiger partial charge in [0, 0.05) is 43.3 Å². The maximum absolute atomic E-state index is 12.6. The number of benzene rings is 1. The van der Waals surface area contributed by atoms with Crippen molar-refractivity contribution in [2.45, 2.75) is 13.0 Å². The molecule has 0 saturated carbocycles. The van der Waals surface area contributed by atoms with E-state index < -0.39 is 6.10 Å². The Labute approximate surface area is 156 Å². The third kappa shape index (κ3) is 5.05. The minimum atomic E-state index is -0.423. The van der Waals surface area contributed by atoms with Gasteiger partial charge in [0.15, 0.2) is 5.82 Å². The third-order valence-electron chi connectivity index (χ3n) is 3.58. The first-order valence-electron chi connectivity index (χ1n) is 8.35. The van der Waals surface area contributed by atoms with Crippen molar-refractivity contribution in [3.63, 3.8) is 0 Å². The fraction of sp³-hybridized carbons (Fsp3) is 0.211. The molecule has 1 aromatic carbocycles. The van der Waals surface area contributed by atoms with Crippen molar-refractivity contribution in [2.24, 2.45) is 7.05 Å². The second-order valence-electron chi connectivity index (χ2n) is 5.92. The Morgan fingerprint density at radius 3 is 2.59 bits per heavy atom. The van der Waals surface area contributed by atoms with Crippen molar-refractivity contribution in [1.82, 2.24) is 14.8 Å². The summed E-state index contributed by atoms with van der Waals surface area (Å²) in [5.41, 5.74) is 0.340. The number of anilines is 1. The van der Waals surface area contributed by atoms with E-state index in [9.17, 15) is 9.90 Å². The van der Waals surface area contributed by atoms with Crippen molar-refractivity contribution in [3.05, 3.63) is 60.6 Å².